The molecule has 0 amide bonds. The van der Waals surface area contributed by atoms with Crippen molar-refractivity contribution in [3.05, 3.63) is 30.1 Å². The van der Waals surface area contributed by atoms with Crippen molar-refractivity contribution in [3.8, 4) is 0 Å². The molecule has 1 heterocycles. The molecule has 2 aromatic rings. The molecule has 0 bridgehead atoms. The molecule has 1 aromatic carbocycles. The van der Waals surface area contributed by atoms with Crippen LogP contribution in [0.1, 0.15) is 25.1 Å². The third kappa shape index (κ3) is 5.02. The van der Waals surface area contributed by atoms with E-state index in [0.717, 1.165) is 41.0 Å². The fourth-order valence-corrected chi connectivity index (χ4v) is 3.89. The van der Waals surface area contributed by atoms with Gasteiger partial charge in [0.15, 0.2) is 5.96 Å². The van der Waals surface area contributed by atoms with Crippen LogP contribution in [0.5, 0.6) is 0 Å². The SMILES string of the molecule is CN=C(NCCc1nc2ccccc2[nH]1)NC1CCC(SC)C1.I. The number of nitrogens with one attached hydrogen (secondary N) is 3. The van der Waals surface area contributed by atoms with E-state index in [9.17, 15) is 0 Å². The molecule has 1 aliphatic carbocycles. The third-order valence-electron chi connectivity index (χ3n) is 4.37. The van der Waals surface area contributed by atoms with Gasteiger partial charge in [-0.05, 0) is 37.7 Å². The van der Waals surface area contributed by atoms with E-state index in [2.05, 4.69) is 37.9 Å². The molecule has 1 aliphatic rings. The predicted molar refractivity (Wildman–Crippen MR) is 115 cm³/mol. The summed E-state index contributed by atoms with van der Waals surface area (Å²) in [5.74, 6) is 1.91. The summed E-state index contributed by atoms with van der Waals surface area (Å²) >= 11 is 1.98. The van der Waals surface area contributed by atoms with E-state index in [4.69, 9.17) is 0 Å². The van der Waals surface area contributed by atoms with E-state index in [1.807, 2.05) is 37.0 Å². The molecule has 5 nitrogen and oxygen atoms in total. The van der Waals surface area contributed by atoms with Crippen molar-refractivity contribution < 1.29 is 0 Å². The van der Waals surface area contributed by atoms with Crippen LogP contribution in [0.25, 0.3) is 11.0 Å². The lowest BCUT2D eigenvalue weighted by Crippen LogP contribution is -2.43. The minimum absolute atomic E-state index is 0. The van der Waals surface area contributed by atoms with E-state index < -0.39 is 0 Å². The molecular formula is C17H26IN5S. The molecule has 3 rings (SSSR count). The number of nitrogens with zero attached hydrogens (tertiary/aromatic N) is 2. The van der Waals surface area contributed by atoms with Gasteiger partial charge in [0.05, 0.1) is 11.0 Å². The van der Waals surface area contributed by atoms with Crippen molar-refractivity contribution in [2.24, 2.45) is 4.99 Å². The number of rotatable bonds is 5. The Morgan fingerprint density at radius 3 is 2.92 bits per heavy atom. The lowest BCUT2D eigenvalue weighted by atomic mass is 10.2. The maximum Gasteiger partial charge on any atom is 0.191 e. The Kier molecular flexibility index (Phi) is 7.67. The molecule has 2 atom stereocenters. The highest BCUT2D eigenvalue weighted by molar-refractivity contribution is 14.0. The van der Waals surface area contributed by atoms with Crippen LogP contribution in [-0.4, -0.2) is 47.1 Å². The first-order valence-corrected chi connectivity index (χ1v) is 9.51. The molecule has 1 fully saturated rings. The number of hydrogen-bond acceptors (Lipinski definition) is 3. The second-order valence-electron chi connectivity index (χ2n) is 5.96. The highest BCUT2D eigenvalue weighted by Crippen LogP contribution is 2.27. The van der Waals surface area contributed by atoms with Crippen molar-refractivity contribution in [3.63, 3.8) is 0 Å². The molecule has 0 radical (unpaired) electrons. The number of guanidine groups is 1. The molecular weight excluding hydrogens is 433 g/mol. The summed E-state index contributed by atoms with van der Waals surface area (Å²) in [6, 6.07) is 8.68. The first-order valence-electron chi connectivity index (χ1n) is 8.22. The molecule has 7 heteroatoms. The fourth-order valence-electron chi connectivity index (χ4n) is 3.10. The molecule has 2 unspecified atom stereocenters. The van der Waals surface area contributed by atoms with E-state index in [0.29, 0.717) is 6.04 Å². The monoisotopic (exact) mass is 459 g/mol. The normalized spacial score (nSPS) is 20.8. The van der Waals surface area contributed by atoms with Gasteiger partial charge in [-0.1, -0.05) is 12.1 Å². The maximum absolute atomic E-state index is 4.60. The summed E-state index contributed by atoms with van der Waals surface area (Å²) in [5.41, 5.74) is 2.12. The zero-order valence-corrected chi connectivity index (χ0v) is 17.4. The van der Waals surface area contributed by atoms with Crippen molar-refractivity contribution in [2.75, 3.05) is 19.8 Å². The van der Waals surface area contributed by atoms with Gasteiger partial charge in [0.25, 0.3) is 0 Å². The Morgan fingerprint density at radius 1 is 1.38 bits per heavy atom. The predicted octanol–water partition coefficient (Wildman–Crippen LogP) is 3.17. The minimum Gasteiger partial charge on any atom is -0.356 e. The molecule has 0 spiro atoms. The van der Waals surface area contributed by atoms with Gasteiger partial charge in [-0.25, -0.2) is 4.98 Å². The van der Waals surface area contributed by atoms with E-state index in [-0.39, 0.29) is 24.0 Å². The van der Waals surface area contributed by atoms with Crippen LogP contribution in [0.4, 0.5) is 0 Å². The average Bonchev–Trinajstić information content (AvgIpc) is 3.19. The van der Waals surface area contributed by atoms with Crippen molar-refractivity contribution >= 4 is 52.7 Å². The highest BCUT2D eigenvalue weighted by Gasteiger charge is 2.24. The molecule has 1 aromatic heterocycles. The van der Waals surface area contributed by atoms with Crippen LogP contribution in [-0.2, 0) is 6.42 Å². The summed E-state index contributed by atoms with van der Waals surface area (Å²) in [5, 5.41) is 7.72. The van der Waals surface area contributed by atoms with Gasteiger partial charge in [0.1, 0.15) is 5.82 Å². The number of aromatic amines is 1. The Labute approximate surface area is 164 Å². The Bertz CT molecular complexity index is 639. The quantitative estimate of drug-likeness (QED) is 0.365. The summed E-state index contributed by atoms with van der Waals surface area (Å²) in [7, 11) is 1.83. The van der Waals surface area contributed by atoms with Gasteiger partial charge in [-0.2, -0.15) is 11.8 Å². The summed E-state index contributed by atoms with van der Waals surface area (Å²) < 4.78 is 0. The van der Waals surface area contributed by atoms with E-state index in [1.165, 1.54) is 19.3 Å². The summed E-state index contributed by atoms with van der Waals surface area (Å²) in [6.07, 6.45) is 6.82. The second-order valence-corrected chi connectivity index (χ2v) is 7.10. The number of H-pyrrole nitrogens is 1. The van der Waals surface area contributed by atoms with Crippen LogP contribution in [0, 0.1) is 0 Å². The number of aliphatic imine (C=N–C) groups is 1. The number of fused-ring (bicyclic) bond motifs is 1. The summed E-state index contributed by atoms with van der Waals surface area (Å²) in [4.78, 5) is 12.3. The second kappa shape index (κ2) is 9.50. The number of imidazole rings is 1. The minimum atomic E-state index is 0. The Morgan fingerprint density at radius 2 is 2.21 bits per heavy atom. The molecule has 0 saturated heterocycles. The van der Waals surface area contributed by atoms with Crippen LogP contribution >= 0.6 is 35.7 Å². The van der Waals surface area contributed by atoms with Crippen molar-refractivity contribution in [1.29, 1.82) is 0 Å². The largest absolute Gasteiger partial charge is 0.356 e. The van der Waals surface area contributed by atoms with Crippen LogP contribution < -0.4 is 10.6 Å². The highest BCUT2D eigenvalue weighted by atomic mass is 127. The van der Waals surface area contributed by atoms with Gasteiger partial charge in [-0.3, -0.25) is 4.99 Å². The third-order valence-corrected chi connectivity index (χ3v) is 5.47. The average molecular weight is 459 g/mol. The van der Waals surface area contributed by atoms with Gasteiger partial charge < -0.3 is 15.6 Å². The molecule has 3 N–H and O–H groups in total. The molecule has 1 saturated carbocycles. The lowest BCUT2D eigenvalue weighted by molar-refractivity contribution is 0.614. The topological polar surface area (TPSA) is 65.1 Å². The number of hydrogen-bond donors (Lipinski definition) is 3. The standard InChI is InChI=1S/C17H25N5S.HI/c1-18-17(20-12-7-8-13(11-12)23-2)19-10-9-16-21-14-5-3-4-6-15(14)22-16;/h3-6,12-13H,7-11H2,1-2H3,(H,21,22)(H2,18,19,20);1H. The Hall–Kier alpha value is -0.960. The lowest BCUT2D eigenvalue weighted by Gasteiger charge is -2.17. The molecule has 0 aliphatic heterocycles. The first-order chi connectivity index (χ1) is 11.3. The Balaban J connectivity index is 0.00000208. The van der Waals surface area contributed by atoms with Gasteiger partial charge in [0, 0.05) is 31.3 Å². The first kappa shape index (κ1) is 19.4. The number of para-hydroxylation sites is 2. The molecule has 132 valence electrons. The number of thioether (sulfide) groups is 1. The fraction of sp³-hybridized carbons (Fsp3) is 0.529. The molecule has 24 heavy (non-hydrogen) atoms. The number of halogens is 1. The zero-order chi connectivity index (χ0) is 16.1. The van der Waals surface area contributed by atoms with E-state index in [1.54, 1.807) is 0 Å². The van der Waals surface area contributed by atoms with Gasteiger partial charge >= 0.3 is 0 Å². The number of benzene rings is 1. The smallest absolute Gasteiger partial charge is 0.191 e. The van der Waals surface area contributed by atoms with Crippen LogP contribution in [0.15, 0.2) is 29.3 Å². The van der Waals surface area contributed by atoms with E-state index >= 15 is 0 Å². The number of aromatic nitrogens is 2. The van der Waals surface area contributed by atoms with Crippen molar-refractivity contribution in [2.45, 2.75) is 37.0 Å². The van der Waals surface area contributed by atoms with Crippen LogP contribution in [0.2, 0.25) is 0 Å². The zero-order valence-electron chi connectivity index (χ0n) is 14.2. The van der Waals surface area contributed by atoms with Gasteiger partial charge in [-0.15, -0.1) is 24.0 Å². The van der Waals surface area contributed by atoms with Crippen LogP contribution in [0.3, 0.4) is 0 Å². The van der Waals surface area contributed by atoms with Crippen molar-refractivity contribution in [1.82, 2.24) is 20.6 Å². The maximum atomic E-state index is 4.60. The summed E-state index contributed by atoms with van der Waals surface area (Å²) in [6.45, 7) is 0.818. The van der Waals surface area contributed by atoms with Gasteiger partial charge in [0.2, 0.25) is 0 Å².